The molecule has 7 rings (SSSR count). The Morgan fingerprint density at radius 2 is 1.79 bits per heavy atom. The van der Waals surface area contributed by atoms with E-state index in [9.17, 15) is 29.1 Å². The summed E-state index contributed by atoms with van der Waals surface area (Å²) in [4.78, 5) is 77.6. The Hall–Kier alpha value is -7.42. The fraction of sp³-hybridized carbons (Fsp3) is 0.400. The molecule has 4 amide bonds. The SMILES string of the molecule is C#C.CN=C(C)/C(=C(/C)N)c1c(Cl)ccc2c(CCCOc3cccc4c3C=CC/C=C\C4)c(C(=O)O)n(CCN3CCN(C(=O)CO/C(C)=C/C(C(=O)NC4CCC(=O)NC4=O)=C4/NC(C)=NC4C)CC3)c12. The molecule has 2 fully saturated rings. The number of amidine groups is 1. The number of rotatable bonds is 17. The van der Waals surface area contributed by atoms with Crippen molar-refractivity contribution in [1.29, 1.82) is 0 Å². The van der Waals surface area contributed by atoms with E-state index in [4.69, 9.17) is 26.8 Å². The molecule has 17 nitrogen and oxygen atoms in total. The summed E-state index contributed by atoms with van der Waals surface area (Å²) in [6.07, 6.45) is 21.0. The molecule has 73 heavy (non-hydrogen) atoms. The number of hydrogen-bond donors (Lipinski definition) is 5. The van der Waals surface area contributed by atoms with E-state index in [0.29, 0.717) is 115 Å². The molecule has 2 atom stereocenters. The number of aryl methyl sites for hydroxylation is 1. The minimum atomic E-state index is -1.06. The van der Waals surface area contributed by atoms with E-state index in [1.165, 1.54) is 11.6 Å². The van der Waals surface area contributed by atoms with E-state index in [1.54, 1.807) is 38.8 Å². The van der Waals surface area contributed by atoms with Gasteiger partial charge in [-0.3, -0.25) is 39.4 Å². The maximum atomic E-state index is 13.6. The average Bonchev–Trinajstić information content (AvgIpc) is 3.87. The third-order valence-corrected chi connectivity index (χ3v) is 13.5. The summed E-state index contributed by atoms with van der Waals surface area (Å²) in [6.45, 7) is 11.7. The molecule has 0 radical (unpaired) electrons. The molecule has 1 aliphatic carbocycles. The summed E-state index contributed by atoms with van der Waals surface area (Å²) in [5.41, 5.74) is 13.4. The predicted octanol–water partition coefficient (Wildman–Crippen LogP) is 6.20. The zero-order chi connectivity index (χ0) is 52.9. The Bertz CT molecular complexity index is 2870. The molecule has 0 saturated carbocycles. The largest absolute Gasteiger partial charge is 0.493 e. The summed E-state index contributed by atoms with van der Waals surface area (Å²) < 4.78 is 14.1. The second-order valence-corrected chi connectivity index (χ2v) is 18.6. The molecular formula is C55H66ClN9O8. The van der Waals surface area contributed by atoms with E-state index < -0.39 is 29.7 Å². The number of carbonyl (C=O) groups excluding carboxylic acids is 4. The Labute approximate surface area is 432 Å². The van der Waals surface area contributed by atoms with Crippen molar-refractivity contribution >= 4 is 75.3 Å². The van der Waals surface area contributed by atoms with Gasteiger partial charge < -0.3 is 40.4 Å². The molecule has 18 heteroatoms. The highest BCUT2D eigenvalue weighted by Gasteiger charge is 2.32. The van der Waals surface area contributed by atoms with Crippen molar-refractivity contribution in [3.8, 4) is 18.6 Å². The number of carbonyl (C=O) groups is 5. The van der Waals surface area contributed by atoms with Gasteiger partial charge >= 0.3 is 5.97 Å². The summed E-state index contributed by atoms with van der Waals surface area (Å²) in [5, 5.41) is 20.3. The number of carboxylic acid groups (broad SMARTS) is 1. The van der Waals surface area contributed by atoms with Crippen LogP contribution in [0.3, 0.4) is 0 Å². The smallest absolute Gasteiger partial charge is 0.352 e. The minimum Gasteiger partial charge on any atom is -0.493 e. The predicted molar refractivity (Wildman–Crippen MR) is 286 cm³/mol. The molecule has 386 valence electrons. The quantitative estimate of drug-likeness (QED) is 0.0195. The summed E-state index contributed by atoms with van der Waals surface area (Å²) in [6, 6.07) is 8.49. The van der Waals surface area contributed by atoms with E-state index in [1.807, 2.05) is 36.6 Å². The summed E-state index contributed by atoms with van der Waals surface area (Å²) in [7, 11) is 1.68. The van der Waals surface area contributed by atoms with Crippen LogP contribution in [0.15, 0.2) is 87.3 Å². The van der Waals surface area contributed by atoms with Crippen molar-refractivity contribution in [2.45, 2.75) is 91.8 Å². The van der Waals surface area contributed by atoms with E-state index in [2.05, 4.69) is 74.1 Å². The zero-order valence-electron chi connectivity index (χ0n) is 42.5. The maximum Gasteiger partial charge on any atom is 0.352 e. The first kappa shape index (κ1) is 54.9. The molecule has 6 N–H and O–H groups in total. The van der Waals surface area contributed by atoms with Crippen molar-refractivity contribution in [3.05, 3.63) is 110 Å². The van der Waals surface area contributed by atoms with Gasteiger partial charge in [0, 0.05) is 86.2 Å². The summed E-state index contributed by atoms with van der Waals surface area (Å²) >= 11 is 7.05. The van der Waals surface area contributed by atoms with Gasteiger partial charge in [0.05, 0.1) is 46.1 Å². The number of nitrogens with two attached hydrogens (primary N) is 1. The van der Waals surface area contributed by atoms with E-state index in [0.717, 1.165) is 29.5 Å². The Morgan fingerprint density at radius 1 is 1.04 bits per heavy atom. The lowest BCUT2D eigenvalue weighted by Gasteiger charge is -2.35. The van der Waals surface area contributed by atoms with Crippen molar-refractivity contribution < 1.29 is 38.6 Å². The normalized spacial score (nSPS) is 19.7. The topological polar surface area (TPSA) is 222 Å². The van der Waals surface area contributed by atoms with Crippen LogP contribution in [-0.4, -0.2) is 126 Å². The number of imide groups is 1. The highest BCUT2D eigenvalue weighted by atomic mass is 35.5. The van der Waals surface area contributed by atoms with Crippen LogP contribution in [0.25, 0.3) is 22.6 Å². The number of hydrogen-bond acceptors (Lipinski definition) is 12. The number of carboxylic acids is 1. The highest BCUT2D eigenvalue weighted by molar-refractivity contribution is 6.37. The monoisotopic (exact) mass is 1020 g/mol. The minimum absolute atomic E-state index is 0.106. The number of amides is 4. The van der Waals surface area contributed by atoms with Gasteiger partial charge in [-0.2, -0.15) is 0 Å². The van der Waals surface area contributed by atoms with Crippen LogP contribution in [0.1, 0.15) is 93.0 Å². The average molecular weight is 1020 g/mol. The lowest BCUT2D eigenvalue weighted by molar-refractivity contribution is -0.137. The molecule has 0 bridgehead atoms. The van der Waals surface area contributed by atoms with Crippen molar-refractivity contribution in [2.24, 2.45) is 15.7 Å². The highest BCUT2D eigenvalue weighted by Crippen LogP contribution is 2.39. The number of allylic oxidation sites excluding steroid dienone is 6. The number of terminal acetylenes is 1. The van der Waals surface area contributed by atoms with E-state index >= 15 is 0 Å². The third kappa shape index (κ3) is 13.2. The van der Waals surface area contributed by atoms with Crippen LogP contribution in [0, 0.1) is 12.8 Å². The van der Waals surface area contributed by atoms with Gasteiger partial charge in [-0.05, 0) is 96.1 Å². The van der Waals surface area contributed by atoms with Gasteiger partial charge in [0.2, 0.25) is 11.8 Å². The van der Waals surface area contributed by atoms with Crippen LogP contribution in [-0.2, 0) is 43.3 Å². The molecule has 4 aliphatic rings. The van der Waals surface area contributed by atoms with Gasteiger partial charge in [0.25, 0.3) is 11.8 Å². The molecule has 2 saturated heterocycles. The molecule has 1 aromatic heterocycles. The molecule has 2 unspecified atom stereocenters. The first-order valence-electron chi connectivity index (χ1n) is 24.4. The number of aromatic carboxylic acids is 1. The second kappa shape index (κ2) is 25.3. The van der Waals surface area contributed by atoms with Crippen LogP contribution in [0.4, 0.5) is 0 Å². The Morgan fingerprint density at radius 3 is 2.47 bits per heavy atom. The number of aliphatic imine (C=N–C) groups is 2. The lowest BCUT2D eigenvalue weighted by atomic mass is 9.96. The molecular weight excluding hydrogens is 950 g/mol. The number of benzene rings is 2. The molecule has 4 heterocycles. The standard InChI is InChI=1S/C53H64ClN9O8.C2H2/c1-31(29-40(48-34(4)57-35(5)58-48)51(66)59-42-20-21-44(64)60-52(42)67)71-30-45(65)62-25-22-61(23-26-62)24-27-63-49-39(18-19-41(54)47(49)46(32(2)55)33(3)56-6)38(50(63)53(68)69)16-12-28-70-43-17-11-14-36-13-9-7-8-10-15-37(36)43;1-2/h7,9-11,14-15,17-19,29,34,42H,8,12-13,16,20-28,30,55H2,1-6H3,(H,57,58)(H,59,66)(H,68,69)(H,60,64,67);1-2H/b9-7-,15-10?,31-29+,46-32+,48-40-,56-33?;. The lowest BCUT2D eigenvalue weighted by Crippen LogP contribution is -2.52. The Balaban J connectivity index is 0.00000429. The number of fused-ring (bicyclic) bond motifs is 2. The fourth-order valence-corrected chi connectivity index (χ4v) is 9.84. The fourth-order valence-electron chi connectivity index (χ4n) is 9.60. The first-order chi connectivity index (χ1) is 35.1. The third-order valence-electron chi connectivity index (χ3n) is 13.2. The number of piperazine rings is 1. The second-order valence-electron chi connectivity index (χ2n) is 18.2. The van der Waals surface area contributed by atoms with Crippen molar-refractivity contribution in [2.75, 3.05) is 53.0 Å². The summed E-state index contributed by atoms with van der Waals surface area (Å²) in [5.74, 6) is -1.10. The molecule has 0 spiro atoms. The van der Waals surface area contributed by atoms with Gasteiger partial charge in [0.1, 0.15) is 17.5 Å². The first-order valence-corrected chi connectivity index (χ1v) is 24.8. The van der Waals surface area contributed by atoms with Crippen LogP contribution < -0.4 is 26.4 Å². The Kier molecular flexibility index (Phi) is 19.0. The van der Waals surface area contributed by atoms with Gasteiger partial charge in [-0.25, -0.2) is 4.79 Å². The van der Waals surface area contributed by atoms with Gasteiger partial charge in [-0.15, -0.1) is 12.8 Å². The van der Waals surface area contributed by atoms with Crippen molar-refractivity contribution in [1.82, 2.24) is 30.3 Å². The number of aromatic nitrogens is 1. The molecule has 2 aromatic carbocycles. The number of ether oxygens (including phenoxy) is 2. The van der Waals surface area contributed by atoms with Crippen LogP contribution in [0.2, 0.25) is 5.02 Å². The van der Waals surface area contributed by atoms with Gasteiger partial charge in [-0.1, -0.05) is 54.1 Å². The number of nitrogens with zero attached hydrogens (tertiary/aromatic N) is 5. The molecule has 3 aromatic rings. The van der Waals surface area contributed by atoms with Crippen LogP contribution >= 0.6 is 11.6 Å². The number of nitrogens with one attached hydrogen (secondary N) is 3. The zero-order valence-corrected chi connectivity index (χ0v) is 43.2. The van der Waals surface area contributed by atoms with Crippen LogP contribution in [0.5, 0.6) is 5.75 Å². The van der Waals surface area contributed by atoms with Crippen molar-refractivity contribution in [3.63, 3.8) is 0 Å². The van der Waals surface area contributed by atoms with E-state index in [-0.39, 0.29) is 42.7 Å². The number of halogens is 1. The molecule has 3 aliphatic heterocycles. The number of piperidine rings is 1. The van der Waals surface area contributed by atoms with Gasteiger partial charge in [0.15, 0.2) is 6.61 Å². The maximum absolute atomic E-state index is 13.6.